The Morgan fingerprint density at radius 1 is 0.735 bits per heavy atom. The number of rotatable bonds is 7. The molecular weight excluding hydrogens is 606 g/mol. The van der Waals surface area contributed by atoms with Crippen LogP contribution in [0.3, 0.4) is 0 Å². The highest BCUT2D eigenvalue weighted by atomic mass is 16.3. The molecule has 1 aliphatic heterocycles. The molecule has 6 heteroatoms. The number of fused-ring (bicyclic) bond motifs is 4. The molecule has 0 radical (unpaired) electrons. The minimum absolute atomic E-state index is 0.287. The minimum Gasteiger partial charge on any atom is -0.513 e. The van der Waals surface area contributed by atoms with Gasteiger partial charge in [0.25, 0.3) is 0 Å². The summed E-state index contributed by atoms with van der Waals surface area (Å²) in [6.07, 6.45) is 9.05. The van der Waals surface area contributed by atoms with Gasteiger partial charge in [0.1, 0.15) is 12.0 Å². The third-order valence-corrected chi connectivity index (χ3v) is 8.81. The second-order valence-electron chi connectivity index (χ2n) is 11.9. The van der Waals surface area contributed by atoms with Crippen molar-refractivity contribution >= 4 is 55.8 Å². The number of hydrogen-bond donors (Lipinski definition) is 4. The molecule has 0 unspecified atom stereocenters. The van der Waals surface area contributed by atoms with E-state index in [0.29, 0.717) is 5.70 Å². The Morgan fingerprint density at radius 3 is 2.24 bits per heavy atom. The van der Waals surface area contributed by atoms with Gasteiger partial charge in [0.2, 0.25) is 0 Å². The number of aromatic nitrogens is 1. The van der Waals surface area contributed by atoms with Gasteiger partial charge < -0.3 is 30.1 Å². The lowest BCUT2D eigenvalue weighted by Gasteiger charge is -2.26. The summed E-state index contributed by atoms with van der Waals surface area (Å²) in [7, 11) is 0. The Balaban J connectivity index is 1.32. The molecule has 0 bridgehead atoms. The molecule has 0 aliphatic carbocycles. The van der Waals surface area contributed by atoms with E-state index in [1.165, 1.54) is 0 Å². The van der Waals surface area contributed by atoms with E-state index in [0.717, 1.165) is 73.1 Å². The van der Waals surface area contributed by atoms with Crippen LogP contribution in [0.25, 0.3) is 44.2 Å². The van der Waals surface area contributed by atoms with Crippen molar-refractivity contribution in [2.75, 3.05) is 10.2 Å². The second-order valence-corrected chi connectivity index (χ2v) is 11.9. The lowest BCUT2D eigenvalue weighted by Crippen LogP contribution is -2.11. The average Bonchev–Trinajstić information content (AvgIpc) is 3.44. The lowest BCUT2D eigenvalue weighted by molar-refractivity contribution is 0.325. The lowest BCUT2D eigenvalue weighted by atomic mass is 9.95. The Morgan fingerprint density at radius 2 is 1.45 bits per heavy atom. The van der Waals surface area contributed by atoms with Crippen molar-refractivity contribution in [3.63, 3.8) is 0 Å². The highest BCUT2D eigenvalue weighted by Crippen LogP contribution is 2.40. The molecule has 6 nitrogen and oxygen atoms in total. The van der Waals surface area contributed by atoms with Gasteiger partial charge in [-0.2, -0.15) is 0 Å². The van der Waals surface area contributed by atoms with E-state index in [1.807, 2.05) is 89.5 Å². The highest BCUT2D eigenvalue weighted by molar-refractivity contribution is 6.12. The molecule has 1 aromatic heterocycles. The van der Waals surface area contributed by atoms with Crippen molar-refractivity contribution in [2.45, 2.75) is 6.92 Å². The van der Waals surface area contributed by atoms with E-state index in [4.69, 9.17) is 0 Å². The number of anilines is 4. The van der Waals surface area contributed by atoms with Crippen LogP contribution in [0.4, 0.5) is 22.7 Å². The molecule has 0 saturated heterocycles. The van der Waals surface area contributed by atoms with Gasteiger partial charge in [0.05, 0.1) is 22.4 Å². The summed E-state index contributed by atoms with van der Waals surface area (Å²) < 4.78 is 1.88. The smallest absolute Gasteiger partial charge is 0.161 e. The van der Waals surface area contributed by atoms with Crippen LogP contribution >= 0.6 is 0 Å². The van der Waals surface area contributed by atoms with Crippen molar-refractivity contribution in [3.8, 4) is 11.1 Å². The number of nitrogens with one attached hydrogen (secondary N) is 1. The van der Waals surface area contributed by atoms with Gasteiger partial charge in [-0.15, -0.1) is 0 Å². The van der Waals surface area contributed by atoms with E-state index in [-0.39, 0.29) is 11.3 Å². The van der Waals surface area contributed by atoms with Crippen LogP contribution in [0, 0.1) is 0 Å². The highest BCUT2D eigenvalue weighted by Gasteiger charge is 2.20. The van der Waals surface area contributed by atoms with Crippen LogP contribution in [0.15, 0.2) is 176 Å². The summed E-state index contributed by atoms with van der Waals surface area (Å²) in [5.41, 5.74) is 10.3. The average molecular weight is 642 g/mol. The summed E-state index contributed by atoms with van der Waals surface area (Å²) in [6.45, 7) is 9.49. The quantitative estimate of drug-likeness (QED) is 0.103. The Bertz CT molecular complexity index is 2390. The maximum Gasteiger partial charge on any atom is 0.161 e. The van der Waals surface area contributed by atoms with E-state index in [1.54, 1.807) is 6.92 Å². The number of aliphatic hydroxyl groups is 3. The van der Waals surface area contributed by atoms with Gasteiger partial charge in [-0.1, -0.05) is 79.9 Å². The summed E-state index contributed by atoms with van der Waals surface area (Å²) in [4.78, 5) is 2.18. The zero-order valence-corrected chi connectivity index (χ0v) is 27.0. The summed E-state index contributed by atoms with van der Waals surface area (Å²) in [6, 6.07) is 39.0. The van der Waals surface area contributed by atoms with Crippen molar-refractivity contribution in [3.05, 3.63) is 182 Å². The first-order valence-electron chi connectivity index (χ1n) is 15.9. The molecule has 6 aromatic rings. The van der Waals surface area contributed by atoms with Crippen molar-refractivity contribution < 1.29 is 15.3 Å². The Kier molecular flexibility index (Phi) is 8.12. The molecule has 4 N–H and O–H groups in total. The summed E-state index contributed by atoms with van der Waals surface area (Å²) in [5.74, 6) is -0.859. The van der Waals surface area contributed by atoms with Gasteiger partial charge in [-0.25, -0.2) is 0 Å². The first kappa shape index (κ1) is 31.0. The van der Waals surface area contributed by atoms with E-state index in [2.05, 4.69) is 78.1 Å². The maximum atomic E-state index is 10.5. The predicted molar refractivity (Wildman–Crippen MR) is 204 cm³/mol. The Labute approximate surface area is 285 Å². The fourth-order valence-corrected chi connectivity index (χ4v) is 6.38. The number of benzene rings is 5. The number of para-hydroxylation sites is 2. The molecule has 0 amide bonds. The fraction of sp³-hybridized carbons (Fsp3) is 0.0233. The van der Waals surface area contributed by atoms with E-state index < -0.39 is 5.76 Å². The molecule has 49 heavy (non-hydrogen) atoms. The number of allylic oxidation sites excluding steroid dienone is 6. The van der Waals surface area contributed by atoms with Crippen LogP contribution in [0.1, 0.15) is 12.5 Å². The molecule has 0 atom stereocenters. The third-order valence-electron chi connectivity index (χ3n) is 8.81. The summed E-state index contributed by atoms with van der Waals surface area (Å²) in [5, 5.41) is 36.2. The SMILES string of the molecule is C=C(O)/C(O)=C(C)\C(=C/O)n1c2ccccc2c2cc(-c3ccc4c(c3)C(=C)/C=C\C=C/N4c3cccc(Nc4ccccc4)c3)ccc21. The van der Waals surface area contributed by atoms with Gasteiger partial charge in [-0.05, 0) is 90.4 Å². The molecule has 0 saturated carbocycles. The van der Waals surface area contributed by atoms with E-state index >= 15 is 0 Å². The Hall–Kier alpha value is -6.66. The van der Waals surface area contributed by atoms with Crippen molar-refractivity contribution in [1.29, 1.82) is 0 Å². The largest absolute Gasteiger partial charge is 0.513 e. The third kappa shape index (κ3) is 5.77. The topological polar surface area (TPSA) is 80.9 Å². The van der Waals surface area contributed by atoms with E-state index in [9.17, 15) is 15.3 Å². The van der Waals surface area contributed by atoms with Crippen LogP contribution in [0.5, 0.6) is 0 Å². The fourth-order valence-electron chi connectivity index (χ4n) is 6.38. The molecule has 0 spiro atoms. The standard InChI is InChI=1S/C43H35N3O3/c1-28-12-9-10-23-45(35-16-11-15-34(26-35)44-33-13-5-4-6-14-33)39-21-19-31(24-37(28)39)32-20-22-41-38(25-32)36-17-7-8-18-40(36)46(41)42(27-47)29(2)43(49)30(3)48/h4-27,44,47-49H,1,3H2,2H3/b12-9-,23-10-,42-27+,43-29+. The van der Waals surface area contributed by atoms with Gasteiger partial charge in [-0.3, -0.25) is 0 Å². The molecule has 2 heterocycles. The molecule has 1 aliphatic rings. The van der Waals surface area contributed by atoms with Gasteiger partial charge in [0, 0.05) is 45.2 Å². The summed E-state index contributed by atoms with van der Waals surface area (Å²) >= 11 is 0. The predicted octanol–water partition coefficient (Wildman–Crippen LogP) is 11.7. The van der Waals surface area contributed by atoms with Crippen LogP contribution in [0.2, 0.25) is 0 Å². The number of hydrogen-bond acceptors (Lipinski definition) is 5. The van der Waals surface area contributed by atoms with Crippen LogP contribution in [-0.2, 0) is 0 Å². The monoisotopic (exact) mass is 641 g/mol. The normalized spacial score (nSPS) is 14.9. The first-order chi connectivity index (χ1) is 23.8. The van der Waals surface area contributed by atoms with Crippen LogP contribution < -0.4 is 10.2 Å². The van der Waals surface area contributed by atoms with Crippen molar-refractivity contribution in [1.82, 2.24) is 4.57 Å². The second kappa shape index (κ2) is 12.9. The number of nitrogens with zero attached hydrogens (tertiary/aromatic N) is 2. The van der Waals surface area contributed by atoms with Gasteiger partial charge in [0.15, 0.2) is 5.76 Å². The van der Waals surface area contributed by atoms with Crippen molar-refractivity contribution in [2.24, 2.45) is 0 Å². The molecule has 0 fully saturated rings. The molecule has 5 aromatic carbocycles. The maximum absolute atomic E-state index is 10.5. The molecule has 7 rings (SSSR count). The zero-order valence-electron chi connectivity index (χ0n) is 27.0. The zero-order chi connectivity index (χ0) is 34.1. The van der Waals surface area contributed by atoms with Crippen LogP contribution in [-0.4, -0.2) is 19.9 Å². The minimum atomic E-state index is -0.471. The first-order valence-corrected chi connectivity index (χ1v) is 15.9. The molecular formula is C43H35N3O3. The number of aliphatic hydroxyl groups excluding tert-OH is 3. The van der Waals surface area contributed by atoms with Gasteiger partial charge >= 0.3 is 0 Å². The molecule has 240 valence electrons.